The van der Waals surface area contributed by atoms with E-state index in [4.69, 9.17) is 21.1 Å². The first kappa shape index (κ1) is 21.2. The molecule has 2 aromatic rings. The summed E-state index contributed by atoms with van der Waals surface area (Å²) in [6.07, 6.45) is 0. The van der Waals surface area contributed by atoms with Gasteiger partial charge in [0.25, 0.3) is 5.91 Å². The van der Waals surface area contributed by atoms with E-state index in [0.717, 1.165) is 0 Å². The number of methoxy groups -OCH3 is 1. The van der Waals surface area contributed by atoms with Gasteiger partial charge in [0.05, 0.1) is 13.7 Å². The summed E-state index contributed by atoms with van der Waals surface area (Å²) in [6, 6.07) is 11.4. The molecule has 0 bridgehead atoms. The largest absolute Gasteiger partial charge is 0.493 e. The molecule has 0 aliphatic carbocycles. The van der Waals surface area contributed by atoms with Gasteiger partial charge in [0, 0.05) is 23.3 Å². The number of Topliss-reactive ketones (excluding diaryl/α,β-unsaturated/α-hetero) is 1. The minimum Gasteiger partial charge on any atom is -0.493 e. The topological polar surface area (TPSA) is 84.9 Å². The van der Waals surface area contributed by atoms with Gasteiger partial charge in [0.15, 0.2) is 23.9 Å². The van der Waals surface area contributed by atoms with Crippen molar-refractivity contribution in [3.8, 4) is 11.5 Å². The number of ketones is 1. The van der Waals surface area contributed by atoms with Crippen molar-refractivity contribution in [2.45, 2.75) is 6.92 Å². The molecule has 0 spiro atoms. The smallest absolute Gasteiger partial charge is 0.260 e. The third-order valence-electron chi connectivity index (χ3n) is 3.84. The maximum atomic E-state index is 12.2. The lowest BCUT2D eigenvalue weighted by atomic mass is 10.1. The van der Waals surface area contributed by atoms with E-state index in [1.54, 1.807) is 42.5 Å². The van der Waals surface area contributed by atoms with Gasteiger partial charge < -0.3 is 19.7 Å². The van der Waals surface area contributed by atoms with Crippen LogP contribution in [0.15, 0.2) is 42.5 Å². The molecule has 0 saturated carbocycles. The van der Waals surface area contributed by atoms with Crippen LogP contribution in [-0.4, -0.2) is 49.8 Å². The van der Waals surface area contributed by atoms with Gasteiger partial charge in [-0.05, 0) is 43.3 Å². The molecule has 0 radical (unpaired) electrons. The van der Waals surface area contributed by atoms with Crippen molar-refractivity contribution >= 4 is 34.9 Å². The predicted octanol–water partition coefficient (Wildman–Crippen LogP) is 3.03. The lowest BCUT2D eigenvalue weighted by Gasteiger charge is -2.18. The Bertz CT molecular complexity index is 885. The standard InChI is InChI=1S/C20H21ClN2O5/c1-13(24)14-7-8-17(18(9-14)27-3)28-12-20(26)23(2)11-19(25)22-16-6-4-5-15(21)10-16/h4-10H,11-12H2,1-3H3,(H,22,25). The van der Waals surface area contributed by atoms with Crippen LogP contribution < -0.4 is 14.8 Å². The number of hydrogen-bond donors (Lipinski definition) is 1. The highest BCUT2D eigenvalue weighted by molar-refractivity contribution is 6.30. The molecule has 0 heterocycles. The fourth-order valence-corrected chi connectivity index (χ4v) is 2.52. The normalized spacial score (nSPS) is 10.1. The number of carbonyl (C=O) groups excluding carboxylic acids is 3. The summed E-state index contributed by atoms with van der Waals surface area (Å²) in [6.45, 7) is 1.02. The summed E-state index contributed by atoms with van der Waals surface area (Å²) in [5, 5.41) is 3.17. The van der Waals surface area contributed by atoms with Crippen molar-refractivity contribution in [1.82, 2.24) is 4.90 Å². The number of nitrogens with zero attached hydrogens (tertiary/aromatic N) is 1. The van der Waals surface area contributed by atoms with E-state index in [-0.39, 0.29) is 30.7 Å². The molecule has 7 nitrogen and oxygen atoms in total. The Balaban J connectivity index is 1.90. The molecule has 0 saturated heterocycles. The van der Waals surface area contributed by atoms with E-state index in [1.807, 2.05) is 0 Å². The number of rotatable bonds is 8. The lowest BCUT2D eigenvalue weighted by molar-refractivity contribution is -0.135. The molecule has 28 heavy (non-hydrogen) atoms. The predicted molar refractivity (Wildman–Crippen MR) is 106 cm³/mol. The van der Waals surface area contributed by atoms with Crippen LogP contribution in [0.4, 0.5) is 5.69 Å². The summed E-state index contributed by atoms with van der Waals surface area (Å²) in [5.74, 6) is -0.175. The first-order chi connectivity index (χ1) is 13.3. The number of likely N-dealkylation sites (N-methyl/N-ethyl adjacent to an activating group) is 1. The molecule has 0 fully saturated rings. The van der Waals surface area contributed by atoms with Crippen LogP contribution in [0.3, 0.4) is 0 Å². The second-order valence-corrected chi connectivity index (χ2v) is 6.46. The number of amides is 2. The quantitative estimate of drug-likeness (QED) is 0.683. The van der Waals surface area contributed by atoms with Crippen molar-refractivity contribution < 1.29 is 23.9 Å². The molecular formula is C20H21ClN2O5. The maximum Gasteiger partial charge on any atom is 0.260 e. The van der Waals surface area contributed by atoms with E-state index in [1.165, 1.54) is 26.0 Å². The third kappa shape index (κ3) is 5.99. The first-order valence-corrected chi connectivity index (χ1v) is 8.79. The highest BCUT2D eigenvalue weighted by Crippen LogP contribution is 2.28. The highest BCUT2D eigenvalue weighted by atomic mass is 35.5. The monoisotopic (exact) mass is 404 g/mol. The van der Waals surface area contributed by atoms with Crippen LogP contribution in [0.2, 0.25) is 5.02 Å². The lowest BCUT2D eigenvalue weighted by Crippen LogP contribution is -2.37. The molecule has 0 aliphatic heterocycles. The Kier molecular flexibility index (Phi) is 7.40. The van der Waals surface area contributed by atoms with Crippen LogP contribution in [0.1, 0.15) is 17.3 Å². The van der Waals surface area contributed by atoms with Crippen molar-refractivity contribution in [3.05, 3.63) is 53.1 Å². The van der Waals surface area contributed by atoms with Gasteiger partial charge in [-0.1, -0.05) is 17.7 Å². The molecule has 0 aromatic heterocycles. The highest BCUT2D eigenvalue weighted by Gasteiger charge is 2.16. The molecule has 148 valence electrons. The van der Waals surface area contributed by atoms with Gasteiger partial charge in [-0.2, -0.15) is 0 Å². The number of nitrogens with one attached hydrogen (secondary N) is 1. The fraction of sp³-hybridized carbons (Fsp3) is 0.250. The van der Waals surface area contributed by atoms with E-state index in [0.29, 0.717) is 27.8 Å². The van der Waals surface area contributed by atoms with Crippen LogP contribution in [-0.2, 0) is 9.59 Å². The minimum atomic E-state index is -0.390. The Morgan fingerprint density at radius 2 is 1.86 bits per heavy atom. The number of hydrogen-bond acceptors (Lipinski definition) is 5. The summed E-state index contributed by atoms with van der Waals surface area (Å²) < 4.78 is 10.7. The zero-order chi connectivity index (χ0) is 20.7. The molecular weight excluding hydrogens is 384 g/mol. The number of benzene rings is 2. The number of anilines is 1. The summed E-state index contributed by atoms with van der Waals surface area (Å²) in [5.41, 5.74) is 1.02. The van der Waals surface area contributed by atoms with E-state index in [2.05, 4.69) is 5.32 Å². The first-order valence-electron chi connectivity index (χ1n) is 8.41. The van der Waals surface area contributed by atoms with Gasteiger partial charge in [-0.3, -0.25) is 14.4 Å². The average Bonchev–Trinajstić information content (AvgIpc) is 2.65. The molecule has 2 rings (SSSR count). The van der Waals surface area contributed by atoms with Crippen LogP contribution in [0, 0.1) is 0 Å². The van der Waals surface area contributed by atoms with Crippen molar-refractivity contribution in [3.63, 3.8) is 0 Å². The summed E-state index contributed by atoms with van der Waals surface area (Å²) in [7, 11) is 2.94. The summed E-state index contributed by atoms with van der Waals surface area (Å²) >= 11 is 5.87. The Hall–Kier alpha value is -3.06. The molecule has 0 unspecified atom stereocenters. The fourth-order valence-electron chi connectivity index (χ4n) is 2.33. The zero-order valence-corrected chi connectivity index (χ0v) is 16.6. The second-order valence-electron chi connectivity index (χ2n) is 6.02. The van der Waals surface area contributed by atoms with Crippen LogP contribution >= 0.6 is 11.6 Å². The van der Waals surface area contributed by atoms with Crippen molar-refractivity contribution in [2.24, 2.45) is 0 Å². The Labute approximate surface area is 168 Å². The van der Waals surface area contributed by atoms with E-state index >= 15 is 0 Å². The molecule has 2 amide bonds. The third-order valence-corrected chi connectivity index (χ3v) is 4.07. The number of ether oxygens (including phenoxy) is 2. The molecule has 0 aliphatic rings. The second kappa shape index (κ2) is 9.75. The Morgan fingerprint density at radius 1 is 1.11 bits per heavy atom. The zero-order valence-electron chi connectivity index (χ0n) is 15.8. The maximum absolute atomic E-state index is 12.2. The van der Waals surface area contributed by atoms with Gasteiger partial charge in [-0.25, -0.2) is 0 Å². The van der Waals surface area contributed by atoms with Gasteiger partial charge in [-0.15, -0.1) is 0 Å². The molecule has 1 N–H and O–H groups in total. The van der Waals surface area contributed by atoms with E-state index < -0.39 is 0 Å². The summed E-state index contributed by atoms with van der Waals surface area (Å²) in [4.78, 5) is 37.0. The minimum absolute atomic E-state index is 0.105. The SMILES string of the molecule is COc1cc(C(C)=O)ccc1OCC(=O)N(C)CC(=O)Nc1cccc(Cl)c1. The van der Waals surface area contributed by atoms with Crippen molar-refractivity contribution in [1.29, 1.82) is 0 Å². The van der Waals surface area contributed by atoms with Crippen LogP contribution in [0.25, 0.3) is 0 Å². The van der Waals surface area contributed by atoms with Crippen LogP contribution in [0.5, 0.6) is 11.5 Å². The number of carbonyl (C=O) groups is 3. The van der Waals surface area contributed by atoms with Crippen molar-refractivity contribution in [2.75, 3.05) is 32.6 Å². The van der Waals surface area contributed by atoms with Gasteiger partial charge in [0.1, 0.15) is 0 Å². The van der Waals surface area contributed by atoms with Gasteiger partial charge >= 0.3 is 0 Å². The Morgan fingerprint density at radius 3 is 2.50 bits per heavy atom. The van der Waals surface area contributed by atoms with Gasteiger partial charge in [0.2, 0.25) is 5.91 Å². The molecule has 8 heteroatoms. The molecule has 2 aromatic carbocycles. The number of halogens is 1. The van der Waals surface area contributed by atoms with E-state index in [9.17, 15) is 14.4 Å². The molecule has 0 atom stereocenters. The average molecular weight is 405 g/mol.